The molecule has 8 nitrogen and oxygen atoms in total. The number of amides is 1. The summed E-state index contributed by atoms with van der Waals surface area (Å²) in [6, 6.07) is 4.56. The summed E-state index contributed by atoms with van der Waals surface area (Å²) in [5, 5.41) is 0. The highest BCUT2D eigenvalue weighted by molar-refractivity contribution is 5.72. The minimum atomic E-state index is -0.627. The third-order valence-electron chi connectivity index (χ3n) is 7.05. The number of piperazine rings is 1. The first-order chi connectivity index (χ1) is 15.7. The molecule has 1 atom stereocenters. The normalized spacial score (nSPS) is 22.7. The van der Waals surface area contributed by atoms with E-state index in [1.807, 2.05) is 12.3 Å². The summed E-state index contributed by atoms with van der Waals surface area (Å²) in [6.07, 6.45) is 10.1. The number of ether oxygens (including phenoxy) is 1. The molecule has 2 aromatic rings. The first kappa shape index (κ1) is 21.1. The molecule has 1 saturated carbocycles. The van der Waals surface area contributed by atoms with E-state index in [0.717, 1.165) is 69.2 Å². The molecule has 3 aliphatic rings. The minimum Gasteiger partial charge on any atom is -0.447 e. The van der Waals surface area contributed by atoms with Gasteiger partial charge in [0.2, 0.25) is 0 Å². The maximum absolute atomic E-state index is 12.2. The van der Waals surface area contributed by atoms with E-state index in [2.05, 4.69) is 30.8 Å². The number of nitrogens with zero attached hydrogens (tertiary/aromatic N) is 6. The number of halogens is 1. The summed E-state index contributed by atoms with van der Waals surface area (Å²) in [6.45, 7) is 4.56. The Kier molecular flexibility index (Phi) is 5.91. The summed E-state index contributed by atoms with van der Waals surface area (Å²) >= 11 is 0. The van der Waals surface area contributed by atoms with Crippen LogP contribution in [0.25, 0.3) is 11.3 Å². The molecule has 1 unspecified atom stereocenters. The molecule has 0 bridgehead atoms. The van der Waals surface area contributed by atoms with Crippen LogP contribution in [0.3, 0.4) is 0 Å². The highest BCUT2D eigenvalue weighted by Gasteiger charge is 2.51. The van der Waals surface area contributed by atoms with Gasteiger partial charge in [-0.3, -0.25) is 14.9 Å². The van der Waals surface area contributed by atoms with Crippen LogP contribution < -0.4 is 4.90 Å². The summed E-state index contributed by atoms with van der Waals surface area (Å²) in [7, 11) is 0. The van der Waals surface area contributed by atoms with Crippen LogP contribution in [0.5, 0.6) is 0 Å². The van der Waals surface area contributed by atoms with Gasteiger partial charge < -0.3 is 14.5 Å². The molecular formula is C23H29FN6O2. The van der Waals surface area contributed by atoms with Crippen LogP contribution in [-0.2, 0) is 4.74 Å². The molecule has 5 rings (SSSR count). The summed E-state index contributed by atoms with van der Waals surface area (Å²) < 4.78 is 17.1. The second kappa shape index (κ2) is 8.97. The Morgan fingerprint density at radius 3 is 2.75 bits per heavy atom. The van der Waals surface area contributed by atoms with Crippen LogP contribution in [0.1, 0.15) is 19.3 Å². The lowest BCUT2D eigenvalue weighted by molar-refractivity contribution is -0.00561. The monoisotopic (exact) mass is 440 g/mol. The van der Waals surface area contributed by atoms with Gasteiger partial charge in [-0.2, -0.15) is 0 Å². The Morgan fingerprint density at radius 2 is 2.00 bits per heavy atom. The number of likely N-dealkylation sites (tertiary alicyclic amines) is 1. The predicted molar refractivity (Wildman–Crippen MR) is 118 cm³/mol. The quantitative estimate of drug-likeness (QED) is 0.708. The molecular weight excluding hydrogens is 411 g/mol. The van der Waals surface area contributed by atoms with Crippen molar-refractivity contribution in [2.75, 3.05) is 57.4 Å². The number of aromatic nitrogens is 3. The smallest absolute Gasteiger partial charge is 0.409 e. The van der Waals surface area contributed by atoms with Gasteiger partial charge in [0.1, 0.15) is 19.1 Å². The van der Waals surface area contributed by atoms with E-state index >= 15 is 0 Å². The zero-order chi connectivity index (χ0) is 22.0. The average molecular weight is 441 g/mol. The van der Waals surface area contributed by atoms with Gasteiger partial charge >= 0.3 is 6.09 Å². The largest absolute Gasteiger partial charge is 0.447 e. The molecule has 2 aliphatic heterocycles. The number of rotatable bonds is 5. The predicted octanol–water partition coefficient (Wildman–Crippen LogP) is 2.62. The van der Waals surface area contributed by atoms with Gasteiger partial charge in [0, 0.05) is 74.9 Å². The number of carbonyl (C=O) groups excluding carboxylic acids is 1. The van der Waals surface area contributed by atoms with Crippen molar-refractivity contribution in [3.63, 3.8) is 0 Å². The molecule has 0 radical (unpaired) electrons. The lowest BCUT2D eigenvalue weighted by Gasteiger charge is -2.48. The summed E-state index contributed by atoms with van der Waals surface area (Å²) in [5.74, 6) is 0.969. The van der Waals surface area contributed by atoms with Crippen molar-refractivity contribution >= 4 is 11.9 Å². The maximum Gasteiger partial charge on any atom is 0.409 e. The second-order valence-electron chi connectivity index (χ2n) is 9.04. The van der Waals surface area contributed by atoms with E-state index in [4.69, 9.17) is 4.74 Å². The van der Waals surface area contributed by atoms with E-state index in [1.165, 1.54) is 6.42 Å². The number of hydrogen-bond acceptors (Lipinski definition) is 7. The Hall–Kier alpha value is -2.81. The van der Waals surface area contributed by atoms with Crippen molar-refractivity contribution in [1.82, 2.24) is 24.8 Å². The van der Waals surface area contributed by atoms with Gasteiger partial charge in [0.05, 0.1) is 11.9 Å². The Bertz CT molecular complexity index is 931. The molecule has 1 amide bonds. The molecule has 1 spiro atoms. The van der Waals surface area contributed by atoms with Gasteiger partial charge in [-0.15, -0.1) is 0 Å². The number of hydrogen-bond donors (Lipinski definition) is 0. The first-order valence-corrected chi connectivity index (χ1v) is 11.4. The van der Waals surface area contributed by atoms with Crippen molar-refractivity contribution in [3.05, 3.63) is 36.9 Å². The molecule has 0 N–H and O–H groups in total. The third-order valence-corrected chi connectivity index (χ3v) is 7.05. The van der Waals surface area contributed by atoms with E-state index in [0.29, 0.717) is 6.04 Å². The third kappa shape index (κ3) is 4.13. The molecule has 32 heavy (non-hydrogen) atoms. The standard InChI is InChI=1S/C23H29FN6O2/c24-5-13-32-22(31)30-16-23(17-30)4-3-18(14-23)28-9-11-29(12-10-28)21-19(2-1-6-27-21)20-15-25-7-8-26-20/h1-2,6-8,15,18H,3-5,9-14,16-17H2. The van der Waals surface area contributed by atoms with E-state index in [-0.39, 0.29) is 18.1 Å². The van der Waals surface area contributed by atoms with E-state index in [9.17, 15) is 9.18 Å². The molecule has 1 aliphatic carbocycles. The van der Waals surface area contributed by atoms with Crippen molar-refractivity contribution in [2.45, 2.75) is 25.3 Å². The van der Waals surface area contributed by atoms with Gasteiger partial charge in [-0.1, -0.05) is 0 Å². The minimum absolute atomic E-state index is 0.149. The Balaban J connectivity index is 1.16. The highest BCUT2D eigenvalue weighted by atomic mass is 19.1. The molecule has 0 aromatic carbocycles. The highest BCUT2D eigenvalue weighted by Crippen LogP contribution is 2.47. The molecule has 170 valence electrons. The Morgan fingerprint density at radius 1 is 1.16 bits per heavy atom. The van der Waals surface area contributed by atoms with Crippen molar-refractivity contribution in [3.8, 4) is 11.3 Å². The molecule has 2 aromatic heterocycles. The zero-order valence-corrected chi connectivity index (χ0v) is 18.2. The van der Waals surface area contributed by atoms with Crippen LogP contribution in [-0.4, -0.2) is 89.4 Å². The van der Waals surface area contributed by atoms with Gasteiger partial charge in [0.15, 0.2) is 0 Å². The van der Waals surface area contributed by atoms with Crippen LogP contribution in [0, 0.1) is 5.41 Å². The average Bonchev–Trinajstić information content (AvgIpc) is 3.28. The fourth-order valence-corrected chi connectivity index (χ4v) is 5.47. The summed E-state index contributed by atoms with van der Waals surface area (Å²) in [4.78, 5) is 31.9. The fraction of sp³-hybridized carbons (Fsp3) is 0.565. The van der Waals surface area contributed by atoms with E-state index < -0.39 is 6.67 Å². The van der Waals surface area contributed by atoms with Crippen LogP contribution >= 0.6 is 0 Å². The molecule has 4 heterocycles. The molecule has 3 fully saturated rings. The first-order valence-electron chi connectivity index (χ1n) is 11.4. The van der Waals surface area contributed by atoms with Crippen molar-refractivity contribution in [2.24, 2.45) is 5.41 Å². The number of pyridine rings is 1. The van der Waals surface area contributed by atoms with Crippen LogP contribution in [0.2, 0.25) is 0 Å². The van der Waals surface area contributed by atoms with Gasteiger partial charge in [0.25, 0.3) is 0 Å². The van der Waals surface area contributed by atoms with Gasteiger partial charge in [-0.05, 0) is 31.4 Å². The maximum atomic E-state index is 12.2. The van der Waals surface area contributed by atoms with Crippen LogP contribution in [0.15, 0.2) is 36.9 Å². The van der Waals surface area contributed by atoms with Crippen LogP contribution in [0.4, 0.5) is 15.0 Å². The summed E-state index contributed by atoms with van der Waals surface area (Å²) in [5.41, 5.74) is 2.08. The van der Waals surface area contributed by atoms with Gasteiger partial charge in [-0.25, -0.2) is 14.2 Å². The number of anilines is 1. The fourth-order valence-electron chi connectivity index (χ4n) is 5.47. The lowest BCUT2D eigenvalue weighted by atomic mass is 9.78. The van der Waals surface area contributed by atoms with Crippen molar-refractivity contribution in [1.29, 1.82) is 0 Å². The second-order valence-corrected chi connectivity index (χ2v) is 9.04. The molecule has 9 heteroatoms. The number of alkyl halides is 1. The Labute approximate surface area is 187 Å². The number of carbonyl (C=O) groups is 1. The van der Waals surface area contributed by atoms with E-state index in [1.54, 1.807) is 23.5 Å². The SMILES string of the molecule is O=C(OCCF)N1CC2(CCC(N3CCN(c4ncccc4-c4cnccn4)CC3)C2)C1. The van der Waals surface area contributed by atoms with Crippen molar-refractivity contribution < 1.29 is 13.9 Å². The zero-order valence-electron chi connectivity index (χ0n) is 18.2. The topological polar surface area (TPSA) is 74.7 Å². The molecule has 2 saturated heterocycles. The lowest BCUT2D eigenvalue weighted by Crippen LogP contribution is -2.58.